The number of amides is 1. The molecular weight excluding hydrogens is 232 g/mol. The lowest BCUT2D eigenvalue weighted by molar-refractivity contribution is 0.0395. The second kappa shape index (κ2) is 5.84. The SMILES string of the molecule is N[C@H]1C[C@H](O)CN(C(=O)OCc2ccccc2)C1. The molecule has 0 saturated carbocycles. The largest absolute Gasteiger partial charge is 0.445 e. The minimum absolute atomic E-state index is 0.182. The Morgan fingerprint density at radius 3 is 2.78 bits per heavy atom. The molecule has 1 aromatic carbocycles. The van der Waals surface area contributed by atoms with Crippen LogP contribution in [0.2, 0.25) is 0 Å². The number of β-amino-alcohol motifs (C(OH)–C–C–N with tert-alkyl or cyclic N) is 1. The molecule has 1 amide bonds. The number of nitrogens with two attached hydrogens (primary N) is 1. The van der Waals surface area contributed by atoms with Gasteiger partial charge in [0.1, 0.15) is 6.61 Å². The molecule has 0 aliphatic carbocycles. The van der Waals surface area contributed by atoms with Crippen LogP contribution in [0.25, 0.3) is 0 Å². The number of hydrogen-bond donors (Lipinski definition) is 2. The Hall–Kier alpha value is -1.59. The molecular formula is C13H18N2O3. The van der Waals surface area contributed by atoms with Crippen molar-refractivity contribution in [1.29, 1.82) is 0 Å². The predicted molar refractivity (Wildman–Crippen MR) is 66.8 cm³/mol. The fourth-order valence-electron chi connectivity index (χ4n) is 2.07. The summed E-state index contributed by atoms with van der Waals surface area (Å²) in [4.78, 5) is 13.3. The lowest BCUT2D eigenvalue weighted by Crippen LogP contribution is -2.51. The summed E-state index contributed by atoms with van der Waals surface area (Å²) >= 11 is 0. The molecule has 0 radical (unpaired) electrons. The highest BCUT2D eigenvalue weighted by atomic mass is 16.6. The van der Waals surface area contributed by atoms with E-state index in [-0.39, 0.29) is 12.6 Å². The lowest BCUT2D eigenvalue weighted by atomic mass is 10.0. The summed E-state index contributed by atoms with van der Waals surface area (Å²) in [5.41, 5.74) is 6.69. The van der Waals surface area contributed by atoms with Gasteiger partial charge in [-0.1, -0.05) is 30.3 Å². The zero-order valence-electron chi connectivity index (χ0n) is 10.2. The molecule has 98 valence electrons. The van der Waals surface area contributed by atoms with Gasteiger partial charge in [-0.2, -0.15) is 0 Å². The number of ether oxygens (including phenoxy) is 1. The first kappa shape index (κ1) is 12.9. The molecule has 3 N–H and O–H groups in total. The summed E-state index contributed by atoms with van der Waals surface area (Å²) in [5, 5.41) is 9.55. The van der Waals surface area contributed by atoms with E-state index in [0.29, 0.717) is 19.5 Å². The van der Waals surface area contributed by atoms with Crippen molar-refractivity contribution >= 4 is 6.09 Å². The van der Waals surface area contributed by atoms with Gasteiger partial charge in [-0.3, -0.25) is 0 Å². The molecule has 0 aromatic heterocycles. The summed E-state index contributed by atoms with van der Waals surface area (Å²) in [6.07, 6.45) is -0.450. The Morgan fingerprint density at radius 2 is 2.11 bits per heavy atom. The molecule has 1 aliphatic rings. The van der Waals surface area contributed by atoms with E-state index in [4.69, 9.17) is 10.5 Å². The smallest absolute Gasteiger partial charge is 0.410 e. The molecule has 0 spiro atoms. The average Bonchev–Trinajstić information content (AvgIpc) is 2.36. The second-order valence-electron chi connectivity index (χ2n) is 4.59. The number of likely N-dealkylation sites (tertiary alicyclic amines) is 1. The molecule has 0 unspecified atom stereocenters. The van der Waals surface area contributed by atoms with Crippen LogP contribution in [0, 0.1) is 0 Å². The number of benzene rings is 1. The molecule has 2 rings (SSSR count). The first-order valence-corrected chi connectivity index (χ1v) is 6.04. The van der Waals surface area contributed by atoms with Crippen LogP contribution < -0.4 is 5.73 Å². The second-order valence-corrected chi connectivity index (χ2v) is 4.59. The van der Waals surface area contributed by atoms with Gasteiger partial charge in [-0.25, -0.2) is 4.79 Å². The van der Waals surface area contributed by atoms with Crippen molar-refractivity contribution in [3.05, 3.63) is 35.9 Å². The van der Waals surface area contributed by atoms with Gasteiger partial charge in [0.2, 0.25) is 0 Å². The fourth-order valence-corrected chi connectivity index (χ4v) is 2.07. The number of aliphatic hydroxyl groups is 1. The summed E-state index contributed by atoms with van der Waals surface area (Å²) < 4.78 is 5.18. The third-order valence-electron chi connectivity index (χ3n) is 2.92. The standard InChI is InChI=1S/C13H18N2O3/c14-11-6-12(16)8-15(7-11)13(17)18-9-10-4-2-1-3-5-10/h1-5,11-12,16H,6-9,14H2/t11-,12-/m0/s1. The number of carbonyl (C=O) groups excluding carboxylic acids is 1. The van der Waals surface area contributed by atoms with E-state index >= 15 is 0 Å². The fraction of sp³-hybridized carbons (Fsp3) is 0.462. The molecule has 2 atom stereocenters. The minimum Gasteiger partial charge on any atom is -0.445 e. The Balaban J connectivity index is 1.84. The molecule has 0 bridgehead atoms. The predicted octanol–water partition coefficient (Wildman–Crippen LogP) is 0.717. The van der Waals surface area contributed by atoms with Crippen LogP contribution in [0.3, 0.4) is 0 Å². The van der Waals surface area contributed by atoms with Crippen LogP contribution in [0.15, 0.2) is 30.3 Å². The van der Waals surface area contributed by atoms with E-state index in [9.17, 15) is 9.90 Å². The zero-order valence-corrected chi connectivity index (χ0v) is 10.2. The van der Waals surface area contributed by atoms with E-state index in [1.807, 2.05) is 30.3 Å². The van der Waals surface area contributed by atoms with Crippen LogP contribution in [0.4, 0.5) is 4.79 Å². The molecule has 1 saturated heterocycles. The van der Waals surface area contributed by atoms with Crippen LogP contribution in [0.1, 0.15) is 12.0 Å². The molecule has 5 heteroatoms. The summed E-state index contributed by atoms with van der Waals surface area (Å²) in [7, 11) is 0. The zero-order chi connectivity index (χ0) is 13.0. The number of piperidine rings is 1. The van der Waals surface area contributed by atoms with Gasteiger partial charge in [0.25, 0.3) is 0 Å². The van der Waals surface area contributed by atoms with Gasteiger partial charge < -0.3 is 20.5 Å². The van der Waals surface area contributed by atoms with Gasteiger partial charge in [0.15, 0.2) is 0 Å². The highest BCUT2D eigenvalue weighted by Crippen LogP contribution is 2.11. The van der Waals surface area contributed by atoms with Crippen molar-refractivity contribution in [1.82, 2.24) is 4.90 Å². The maximum atomic E-state index is 11.8. The quantitative estimate of drug-likeness (QED) is 0.811. The molecule has 1 aliphatic heterocycles. The maximum Gasteiger partial charge on any atom is 0.410 e. The Bertz CT molecular complexity index is 386. The topological polar surface area (TPSA) is 75.8 Å². The number of rotatable bonds is 2. The van der Waals surface area contributed by atoms with Gasteiger partial charge in [-0.15, -0.1) is 0 Å². The lowest BCUT2D eigenvalue weighted by Gasteiger charge is -2.33. The molecule has 1 fully saturated rings. The molecule has 1 heterocycles. The number of hydrogen-bond acceptors (Lipinski definition) is 4. The normalized spacial score (nSPS) is 23.8. The van der Waals surface area contributed by atoms with Crippen LogP contribution >= 0.6 is 0 Å². The number of nitrogens with zero attached hydrogens (tertiary/aromatic N) is 1. The van der Waals surface area contributed by atoms with Gasteiger partial charge in [0, 0.05) is 12.6 Å². The van der Waals surface area contributed by atoms with E-state index < -0.39 is 12.2 Å². The van der Waals surface area contributed by atoms with Crippen LogP contribution in [-0.4, -0.2) is 41.3 Å². The Morgan fingerprint density at radius 1 is 1.39 bits per heavy atom. The average molecular weight is 250 g/mol. The molecule has 1 aromatic rings. The van der Waals surface area contributed by atoms with Crippen molar-refractivity contribution in [2.75, 3.05) is 13.1 Å². The summed E-state index contributed by atoms with van der Waals surface area (Å²) in [5.74, 6) is 0. The third kappa shape index (κ3) is 3.45. The summed E-state index contributed by atoms with van der Waals surface area (Å²) in [6, 6.07) is 9.30. The van der Waals surface area contributed by atoms with E-state index in [2.05, 4.69) is 0 Å². The van der Waals surface area contributed by atoms with Crippen molar-refractivity contribution in [2.24, 2.45) is 5.73 Å². The van der Waals surface area contributed by atoms with Gasteiger partial charge in [0.05, 0.1) is 12.6 Å². The van der Waals surface area contributed by atoms with Gasteiger partial charge >= 0.3 is 6.09 Å². The third-order valence-corrected chi connectivity index (χ3v) is 2.92. The minimum atomic E-state index is -0.557. The van der Waals surface area contributed by atoms with Crippen molar-refractivity contribution in [3.63, 3.8) is 0 Å². The first-order valence-electron chi connectivity index (χ1n) is 6.04. The molecule has 5 nitrogen and oxygen atoms in total. The van der Waals surface area contributed by atoms with E-state index in [1.165, 1.54) is 4.90 Å². The highest BCUT2D eigenvalue weighted by molar-refractivity contribution is 5.67. The first-order chi connectivity index (χ1) is 8.65. The van der Waals surface area contributed by atoms with E-state index in [1.54, 1.807) is 0 Å². The highest BCUT2D eigenvalue weighted by Gasteiger charge is 2.27. The molecule has 18 heavy (non-hydrogen) atoms. The monoisotopic (exact) mass is 250 g/mol. The van der Waals surface area contributed by atoms with Gasteiger partial charge in [-0.05, 0) is 12.0 Å². The van der Waals surface area contributed by atoms with Crippen molar-refractivity contribution in [3.8, 4) is 0 Å². The van der Waals surface area contributed by atoms with E-state index in [0.717, 1.165) is 5.56 Å². The van der Waals surface area contributed by atoms with Crippen LogP contribution in [0.5, 0.6) is 0 Å². The van der Waals surface area contributed by atoms with Crippen LogP contribution in [-0.2, 0) is 11.3 Å². The maximum absolute atomic E-state index is 11.8. The Labute approximate surface area is 106 Å². The summed E-state index contributed by atoms with van der Waals surface area (Å²) in [6.45, 7) is 0.966. The number of aliphatic hydroxyl groups excluding tert-OH is 1. The number of carbonyl (C=O) groups is 1. The Kier molecular flexibility index (Phi) is 4.17. The van der Waals surface area contributed by atoms with Crippen molar-refractivity contribution < 1.29 is 14.6 Å². The van der Waals surface area contributed by atoms with Crippen molar-refractivity contribution in [2.45, 2.75) is 25.2 Å².